The van der Waals surface area contributed by atoms with Gasteiger partial charge in [-0.05, 0) is 26.0 Å². The lowest BCUT2D eigenvalue weighted by atomic mass is 10.2. The van der Waals surface area contributed by atoms with Crippen molar-refractivity contribution in [3.05, 3.63) is 18.3 Å². The fourth-order valence-corrected chi connectivity index (χ4v) is 4.19. The third-order valence-electron chi connectivity index (χ3n) is 3.58. The molecule has 0 saturated carbocycles. The Bertz CT molecular complexity index is 463. The molecule has 2 aliphatic rings. The number of aromatic nitrogens is 1. The van der Waals surface area contributed by atoms with E-state index in [4.69, 9.17) is 0 Å². The van der Waals surface area contributed by atoms with Crippen molar-refractivity contribution in [2.75, 3.05) is 24.5 Å². The highest BCUT2D eigenvalue weighted by molar-refractivity contribution is 7.86. The highest BCUT2D eigenvalue weighted by Gasteiger charge is 2.41. The molecule has 1 saturated heterocycles. The molecule has 0 spiro atoms. The van der Waals surface area contributed by atoms with Crippen molar-refractivity contribution in [1.29, 1.82) is 0 Å². The van der Waals surface area contributed by atoms with E-state index in [1.54, 1.807) is 6.20 Å². The van der Waals surface area contributed by atoms with Gasteiger partial charge in [-0.1, -0.05) is 0 Å². The van der Waals surface area contributed by atoms with Crippen LogP contribution in [0.3, 0.4) is 0 Å². The first-order chi connectivity index (χ1) is 8.18. The standard InChI is InChI=1S/C12H17N3OS/c1-9(2)14-6-7-15-11(8-14)17(16)10-4-3-5-13-12(10)15/h3-5,9,11H,6-8H2,1-2H3. The monoisotopic (exact) mass is 251 g/mol. The maximum atomic E-state index is 12.4. The van der Waals surface area contributed by atoms with E-state index in [2.05, 4.69) is 28.6 Å². The summed E-state index contributed by atoms with van der Waals surface area (Å²) in [6.07, 6.45) is 1.78. The van der Waals surface area contributed by atoms with Crippen LogP contribution in [-0.2, 0) is 10.8 Å². The molecule has 17 heavy (non-hydrogen) atoms. The molecule has 1 fully saturated rings. The van der Waals surface area contributed by atoms with E-state index >= 15 is 0 Å². The Labute approximate surface area is 104 Å². The number of fused-ring (bicyclic) bond motifs is 3. The van der Waals surface area contributed by atoms with E-state index in [1.165, 1.54) is 0 Å². The zero-order valence-electron chi connectivity index (χ0n) is 10.2. The average Bonchev–Trinajstić information content (AvgIpc) is 2.64. The molecule has 2 atom stereocenters. The van der Waals surface area contributed by atoms with Crippen molar-refractivity contribution < 1.29 is 4.21 Å². The van der Waals surface area contributed by atoms with Gasteiger partial charge in [0.2, 0.25) is 0 Å². The lowest BCUT2D eigenvalue weighted by Crippen LogP contribution is -2.54. The van der Waals surface area contributed by atoms with E-state index in [0.717, 1.165) is 30.3 Å². The minimum atomic E-state index is -0.930. The zero-order valence-corrected chi connectivity index (χ0v) is 11.0. The summed E-state index contributed by atoms with van der Waals surface area (Å²) in [6, 6.07) is 4.33. The summed E-state index contributed by atoms with van der Waals surface area (Å²) in [5.41, 5.74) is 0. The van der Waals surface area contributed by atoms with Crippen molar-refractivity contribution in [1.82, 2.24) is 9.88 Å². The van der Waals surface area contributed by atoms with E-state index in [-0.39, 0.29) is 5.37 Å². The molecule has 3 heterocycles. The number of hydrogen-bond donors (Lipinski definition) is 0. The Morgan fingerprint density at radius 1 is 1.47 bits per heavy atom. The Morgan fingerprint density at radius 3 is 3.06 bits per heavy atom. The number of pyridine rings is 1. The van der Waals surface area contributed by atoms with Gasteiger partial charge in [0, 0.05) is 31.9 Å². The summed E-state index contributed by atoms with van der Waals surface area (Å²) < 4.78 is 12.4. The van der Waals surface area contributed by atoms with E-state index in [0.29, 0.717) is 6.04 Å². The number of nitrogens with zero attached hydrogens (tertiary/aromatic N) is 3. The first-order valence-electron chi connectivity index (χ1n) is 6.05. The van der Waals surface area contributed by atoms with Crippen molar-refractivity contribution in [3.63, 3.8) is 0 Å². The maximum Gasteiger partial charge on any atom is 0.145 e. The van der Waals surface area contributed by atoms with Crippen LogP contribution in [0.25, 0.3) is 0 Å². The molecular weight excluding hydrogens is 234 g/mol. The van der Waals surface area contributed by atoms with Crippen molar-refractivity contribution >= 4 is 16.6 Å². The SMILES string of the molecule is CC(C)N1CCN2c3ncccc3S(=O)C2C1. The van der Waals surface area contributed by atoms with E-state index in [1.807, 2.05) is 12.1 Å². The third-order valence-corrected chi connectivity index (χ3v) is 5.23. The number of anilines is 1. The van der Waals surface area contributed by atoms with Gasteiger partial charge < -0.3 is 4.90 Å². The second-order valence-electron chi connectivity index (χ2n) is 4.86. The predicted molar refractivity (Wildman–Crippen MR) is 68.5 cm³/mol. The molecule has 0 N–H and O–H groups in total. The molecular formula is C12H17N3OS. The van der Waals surface area contributed by atoms with Crippen LogP contribution in [0.2, 0.25) is 0 Å². The van der Waals surface area contributed by atoms with Crippen LogP contribution in [0.4, 0.5) is 5.82 Å². The summed E-state index contributed by atoms with van der Waals surface area (Å²) in [7, 11) is -0.930. The quantitative estimate of drug-likeness (QED) is 0.748. The van der Waals surface area contributed by atoms with Gasteiger partial charge in [-0.3, -0.25) is 9.11 Å². The maximum absolute atomic E-state index is 12.4. The van der Waals surface area contributed by atoms with Gasteiger partial charge in [0.05, 0.1) is 15.7 Å². The number of rotatable bonds is 1. The minimum Gasteiger partial charge on any atom is -0.338 e. The highest BCUT2D eigenvalue weighted by Crippen LogP contribution is 2.35. The van der Waals surface area contributed by atoms with Crippen molar-refractivity contribution in [2.45, 2.75) is 30.2 Å². The molecule has 0 aromatic carbocycles. The van der Waals surface area contributed by atoms with Crippen molar-refractivity contribution in [2.24, 2.45) is 0 Å². The van der Waals surface area contributed by atoms with E-state index in [9.17, 15) is 4.21 Å². The van der Waals surface area contributed by atoms with E-state index < -0.39 is 10.8 Å². The Balaban J connectivity index is 1.92. The normalized spacial score (nSPS) is 28.3. The first kappa shape index (κ1) is 11.2. The Kier molecular flexibility index (Phi) is 2.67. The highest BCUT2D eigenvalue weighted by atomic mass is 32.2. The van der Waals surface area contributed by atoms with Crippen LogP contribution < -0.4 is 4.90 Å². The molecule has 0 amide bonds. The van der Waals surface area contributed by atoms with Gasteiger partial charge in [-0.15, -0.1) is 0 Å². The molecule has 92 valence electrons. The fourth-order valence-electron chi connectivity index (χ4n) is 2.57. The van der Waals surface area contributed by atoms with Gasteiger partial charge >= 0.3 is 0 Å². The van der Waals surface area contributed by atoms with Crippen LogP contribution in [0.5, 0.6) is 0 Å². The smallest absolute Gasteiger partial charge is 0.145 e. The topological polar surface area (TPSA) is 36.4 Å². The summed E-state index contributed by atoms with van der Waals surface area (Å²) in [4.78, 5) is 9.89. The summed E-state index contributed by atoms with van der Waals surface area (Å²) in [5.74, 6) is 0.930. The molecule has 0 radical (unpaired) electrons. The molecule has 1 aromatic rings. The summed E-state index contributed by atoms with van der Waals surface area (Å²) in [6.45, 7) is 7.22. The molecule has 5 heteroatoms. The lowest BCUT2D eigenvalue weighted by molar-refractivity contribution is 0.201. The molecule has 4 nitrogen and oxygen atoms in total. The van der Waals surface area contributed by atoms with Gasteiger partial charge in [0.1, 0.15) is 11.2 Å². The molecule has 1 aromatic heterocycles. The Morgan fingerprint density at radius 2 is 2.29 bits per heavy atom. The summed E-state index contributed by atoms with van der Waals surface area (Å²) in [5, 5.41) is 0.0936. The van der Waals surface area contributed by atoms with Crippen LogP contribution in [0, 0.1) is 0 Å². The fraction of sp³-hybridized carbons (Fsp3) is 0.583. The second kappa shape index (κ2) is 4.07. The van der Waals surface area contributed by atoms with Crippen LogP contribution in [0.15, 0.2) is 23.2 Å². The van der Waals surface area contributed by atoms with Gasteiger partial charge in [-0.2, -0.15) is 0 Å². The number of hydrogen-bond acceptors (Lipinski definition) is 4. The first-order valence-corrected chi connectivity index (χ1v) is 7.26. The van der Waals surface area contributed by atoms with Crippen LogP contribution in [-0.4, -0.2) is 45.1 Å². The molecule has 2 unspecified atom stereocenters. The van der Waals surface area contributed by atoms with Gasteiger partial charge in [-0.25, -0.2) is 4.98 Å². The second-order valence-corrected chi connectivity index (χ2v) is 6.44. The number of piperazine rings is 1. The third kappa shape index (κ3) is 1.68. The minimum absolute atomic E-state index is 0.0936. The molecule has 3 rings (SSSR count). The molecule has 2 aliphatic heterocycles. The predicted octanol–water partition coefficient (Wildman–Crippen LogP) is 1.06. The average molecular weight is 251 g/mol. The Hall–Kier alpha value is -0.940. The lowest BCUT2D eigenvalue weighted by Gasteiger charge is -2.39. The zero-order chi connectivity index (χ0) is 12.0. The largest absolute Gasteiger partial charge is 0.338 e. The van der Waals surface area contributed by atoms with Gasteiger partial charge in [0.15, 0.2) is 0 Å². The summed E-state index contributed by atoms with van der Waals surface area (Å²) >= 11 is 0. The van der Waals surface area contributed by atoms with Crippen molar-refractivity contribution in [3.8, 4) is 0 Å². The van der Waals surface area contributed by atoms with Gasteiger partial charge in [0.25, 0.3) is 0 Å². The molecule has 0 aliphatic carbocycles. The van der Waals surface area contributed by atoms with Crippen LogP contribution in [0.1, 0.15) is 13.8 Å². The molecule has 0 bridgehead atoms. The van der Waals surface area contributed by atoms with Crippen LogP contribution >= 0.6 is 0 Å².